The summed E-state index contributed by atoms with van der Waals surface area (Å²) in [7, 11) is 0. The van der Waals surface area contributed by atoms with Gasteiger partial charge in [0.1, 0.15) is 29.8 Å². The predicted octanol–water partition coefficient (Wildman–Crippen LogP) is -0.161. The molecule has 3 heterocycles. The number of fused-ring (bicyclic) bond motifs is 1. The Morgan fingerprint density at radius 3 is 2.82 bits per heavy atom. The van der Waals surface area contributed by atoms with E-state index in [2.05, 4.69) is 9.97 Å². The van der Waals surface area contributed by atoms with Crippen LogP contribution in [0.5, 0.6) is 0 Å². The van der Waals surface area contributed by atoms with E-state index in [-0.39, 0.29) is 5.82 Å². The maximum absolute atomic E-state index is 10.6. The van der Waals surface area contributed by atoms with Gasteiger partial charge in [0.25, 0.3) is 0 Å². The van der Waals surface area contributed by atoms with E-state index >= 15 is 0 Å². The molecule has 0 amide bonds. The monoisotopic (exact) mass is 422 g/mol. The first-order chi connectivity index (χ1) is 10.4. The molecule has 2 aromatic rings. The second-order valence-electron chi connectivity index (χ2n) is 5.30. The SMILES string of the molecule is CC1(O)C(O)C(CO)OC1n1cc(I)c2c(NO)ncnc21. The average Bonchev–Trinajstić information content (AvgIpc) is 2.95. The standard InChI is InChI=1S/C12H15IN4O5/c1-12(20)8(19)6(3-18)22-11(12)17-2-5(13)7-9(16-21)14-4-15-10(7)17/h2,4,6,8,11,18-21H,3H2,1H3,(H,14,15,16). The van der Waals surface area contributed by atoms with Crippen molar-refractivity contribution in [1.29, 1.82) is 0 Å². The molecule has 22 heavy (non-hydrogen) atoms. The lowest BCUT2D eigenvalue weighted by molar-refractivity contribution is -0.0948. The maximum Gasteiger partial charge on any atom is 0.167 e. The Kier molecular flexibility index (Phi) is 3.99. The molecule has 10 heteroatoms. The van der Waals surface area contributed by atoms with E-state index in [1.165, 1.54) is 13.3 Å². The van der Waals surface area contributed by atoms with Gasteiger partial charge in [-0.3, -0.25) is 10.7 Å². The molecule has 3 rings (SSSR count). The van der Waals surface area contributed by atoms with Crippen LogP contribution < -0.4 is 5.48 Å². The quantitative estimate of drug-likeness (QED) is 0.341. The van der Waals surface area contributed by atoms with Crippen molar-refractivity contribution >= 4 is 39.4 Å². The third-order valence-electron chi connectivity index (χ3n) is 3.86. The number of rotatable bonds is 3. The van der Waals surface area contributed by atoms with Crippen LogP contribution >= 0.6 is 22.6 Å². The number of ether oxygens (including phenoxy) is 1. The molecule has 9 nitrogen and oxygen atoms in total. The molecule has 0 radical (unpaired) electrons. The van der Waals surface area contributed by atoms with Gasteiger partial charge in [-0.25, -0.2) is 9.97 Å². The Labute approximate surface area is 138 Å². The zero-order valence-corrected chi connectivity index (χ0v) is 13.7. The van der Waals surface area contributed by atoms with Crippen molar-refractivity contribution in [3.8, 4) is 0 Å². The van der Waals surface area contributed by atoms with Crippen LogP contribution in [-0.4, -0.2) is 59.5 Å². The van der Waals surface area contributed by atoms with Gasteiger partial charge in [-0.15, -0.1) is 0 Å². The minimum atomic E-state index is -1.61. The molecule has 4 atom stereocenters. The number of hydrogen-bond donors (Lipinski definition) is 5. The highest BCUT2D eigenvalue weighted by Gasteiger charge is 2.53. The zero-order valence-electron chi connectivity index (χ0n) is 11.5. The van der Waals surface area contributed by atoms with E-state index < -0.39 is 30.6 Å². The van der Waals surface area contributed by atoms with Gasteiger partial charge < -0.3 is 24.6 Å². The number of aromatic nitrogens is 3. The molecule has 0 saturated carbocycles. The number of hydrogen-bond acceptors (Lipinski definition) is 8. The molecule has 4 unspecified atom stereocenters. The van der Waals surface area contributed by atoms with Crippen LogP contribution in [0, 0.1) is 3.57 Å². The lowest BCUT2D eigenvalue weighted by atomic mass is 9.96. The normalized spacial score (nSPS) is 31.8. The van der Waals surface area contributed by atoms with Crippen LogP contribution in [0.1, 0.15) is 13.2 Å². The summed E-state index contributed by atoms with van der Waals surface area (Å²) in [6.45, 7) is 1.02. The minimum absolute atomic E-state index is 0.227. The second kappa shape index (κ2) is 5.54. The first kappa shape index (κ1) is 15.8. The number of aliphatic hydroxyl groups is 3. The van der Waals surface area contributed by atoms with Gasteiger partial charge >= 0.3 is 0 Å². The summed E-state index contributed by atoms with van der Waals surface area (Å²) in [6, 6.07) is 0. The topological polar surface area (TPSA) is 133 Å². The van der Waals surface area contributed by atoms with Crippen LogP contribution in [0.25, 0.3) is 11.0 Å². The zero-order chi connectivity index (χ0) is 16.1. The van der Waals surface area contributed by atoms with Crippen molar-refractivity contribution in [2.24, 2.45) is 0 Å². The summed E-state index contributed by atoms with van der Waals surface area (Å²) in [6.07, 6.45) is -0.141. The first-order valence-electron chi connectivity index (χ1n) is 6.49. The summed E-state index contributed by atoms with van der Waals surface area (Å²) < 4.78 is 7.87. The predicted molar refractivity (Wildman–Crippen MR) is 83.3 cm³/mol. The molecule has 2 aromatic heterocycles. The van der Waals surface area contributed by atoms with Crippen molar-refractivity contribution in [2.75, 3.05) is 12.1 Å². The van der Waals surface area contributed by atoms with E-state index in [1.54, 1.807) is 10.8 Å². The summed E-state index contributed by atoms with van der Waals surface area (Å²) in [5.41, 5.74) is 0.814. The summed E-state index contributed by atoms with van der Waals surface area (Å²) in [5.74, 6) is 0.227. The molecule has 5 N–H and O–H groups in total. The van der Waals surface area contributed by atoms with Gasteiger partial charge in [-0.2, -0.15) is 0 Å². The third-order valence-corrected chi connectivity index (χ3v) is 4.67. The molecule has 1 fully saturated rings. The highest BCUT2D eigenvalue weighted by Crippen LogP contribution is 2.41. The lowest BCUT2D eigenvalue weighted by Crippen LogP contribution is -2.44. The fourth-order valence-electron chi connectivity index (χ4n) is 2.69. The Bertz CT molecular complexity index is 706. The summed E-state index contributed by atoms with van der Waals surface area (Å²) in [5, 5.41) is 39.6. The molecule has 0 bridgehead atoms. The van der Waals surface area contributed by atoms with Gasteiger partial charge in [0.15, 0.2) is 12.0 Å². The molecule has 0 aliphatic carbocycles. The van der Waals surface area contributed by atoms with Crippen molar-refractivity contribution in [3.05, 3.63) is 16.1 Å². The molecule has 1 aliphatic rings. The molecule has 1 aliphatic heterocycles. The Hall–Kier alpha value is -1.05. The van der Waals surface area contributed by atoms with Crippen molar-refractivity contribution in [2.45, 2.75) is 31.0 Å². The molecular weight excluding hydrogens is 407 g/mol. The number of nitrogens with one attached hydrogen (secondary N) is 1. The van der Waals surface area contributed by atoms with Crippen LogP contribution in [0.4, 0.5) is 5.82 Å². The van der Waals surface area contributed by atoms with Crippen LogP contribution in [0.3, 0.4) is 0 Å². The first-order valence-corrected chi connectivity index (χ1v) is 7.57. The van der Waals surface area contributed by atoms with Crippen LogP contribution in [0.15, 0.2) is 12.5 Å². The smallest absolute Gasteiger partial charge is 0.167 e. The van der Waals surface area contributed by atoms with E-state index in [4.69, 9.17) is 9.94 Å². The van der Waals surface area contributed by atoms with Crippen LogP contribution in [0.2, 0.25) is 0 Å². The maximum atomic E-state index is 10.6. The molecule has 0 aromatic carbocycles. The van der Waals surface area contributed by atoms with Gasteiger partial charge in [-0.05, 0) is 29.5 Å². The summed E-state index contributed by atoms with van der Waals surface area (Å²) in [4.78, 5) is 8.08. The van der Waals surface area contributed by atoms with Crippen molar-refractivity contribution in [1.82, 2.24) is 14.5 Å². The Morgan fingerprint density at radius 2 is 2.23 bits per heavy atom. The van der Waals surface area contributed by atoms with Crippen LogP contribution in [-0.2, 0) is 4.74 Å². The highest BCUT2D eigenvalue weighted by atomic mass is 127. The summed E-state index contributed by atoms with van der Waals surface area (Å²) >= 11 is 2.04. The van der Waals surface area contributed by atoms with E-state index in [0.717, 1.165) is 3.57 Å². The highest BCUT2D eigenvalue weighted by molar-refractivity contribution is 14.1. The number of anilines is 1. The van der Waals surface area contributed by atoms with E-state index in [0.29, 0.717) is 11.0 Å². The fourth-order valence-corrected chi connectivity index (χ4v) is 3.49. The number of halogens is 1. The fraction of sp³-hybridized carbons (Fsp3) is 0.500. The van der Waals surface area contributed by atoms with Gasteiger partial charge in [-0.1, -0.05) is 0 Å². The second-order valence-corrected chi connectivity index (χ2v) is 6.46. The molecule has 1 saturated heterocycles. The number of aliphatic hydroxyl groups excluding tert-OH is 2. The lowest BCUT2D eigenvalue weighted by Gasteiger charge is -2.27. The van der Waals surface area contributed by atoms with E-state index in [9.17, 15) is 15.3 Å². The molecule has 120 valence electrons. The third kappa shape index (κ3) is 2.18. The van der Waals surface area contributed by atoms with Gasteiger partial charge in [0.2, 0.25) is 0 Å². The van der Waals surface area contributed by atoms with E-state index in [1.807, 2.05) is 28.1 Å². The van der Waals surface area contributed by atoms with Gasteiger partial charge in [0.05, 0.1) is 12.0 Å². The number of nitrogens with zero attached hydrogens (tertiary/aromatic N) is 3. The largest absolute Gasteiger partial charge is 0.394 e. The molecular formula is C12H15IN4O5. The van der Waals surface area contributed by atoms with Crippen molar-refractivity contribution in [3.63, 3.8) is 0 Å². The van der Waals surface area contributed by atoms with Gasteiger partial charge in [0, 0.05) is 9.77 Å². The Morgan fingerprint density at radius 1 is 1.50 bits per heavy atom. The Balaban J connectivity index is 2.15. The van der Waals surface area contributed by atoms with Crippen molar-refractivity contribution < 1.29 is 25.3 Å². The average molecular weight is 422 g/mol. The molecule has 0 spiro atoms. The minimum Gasteiger partial charge on any atom is -0.394 e.